The summed E-state index contributed by atoms with van der Waals surface area (Å²) in [5.74, 6) is -11.4. The summed E-state index contributed by atoms with van der Waals surface area (Å²) in [4.78, 5) is 62.8. The van der Waals surface area contributed by atoms with Crippen LogP contribution in [0.5, 0.6) is 51.7 Å². The first-order valence-corrected chi connectivity index (χ1v) is 38.8. The lowest BCUT2D eigenvalue weighted by Gasteiger charge is -2.40. The third-order valence-electron chi connectivity index (χ3n) is 20.7. The maximum Gasteiger partial charge on any atom is 0.402 e. The van der Waals surface area contributed by atoms with Crippen LogP contribution in [-0.4, -0.2) is 376 Å². The van der Waals surface area contributed by atoms with Crippen LogP contribution in [0.4, 0.5) is 0 Å². The number of aromatic hydroxyl groups is 3. The first-order chi connectivity index (χ1) is 60.4. The first-order valence-electron chi connectivity index (χ1n) is 38.8. The number of aliphatic hydroxyl groups excluding tert-OH is 20. The minimum atomic E-state index is -2.31. The number of aliphatic hydroxyl groups is 20. The molecule has 127 heavy (non-hydrogen) atoms. The van der Waals surface area contributed by atoms with Gasteiger partial charge in [-0.1, -0.05) is 36.4 Å². The molecule has 0 spiro atoms. The highest BCUT2D eigenvalue weighted by Gasteiger charge is 2.52. The van der Waals surface area contributed by atoms with Gasteiger partial charge in [-0.25, -0.2) is 18.8 Å². The number of ether oxygens (including phenoxy) is 16. The Hall–Kier alpha value is -10.8. The molecule has 12 rings (SSSR count). The molecule has 30 atom stereocenters. The Balaban J connectivity index is 0.725. The van der Waals surface area contributed by atoms with E-state index < -0.39 is 312 Å². The fraction of sp³-hybridized carbons (Fsp3) is 0.457. The molecule has 6 aromatic rings. The van der Waals surface area contributed by atoms with Crippen LogP contribution in [-0.2, 0) is 71.3 Å². The molecule has 6 aliphatic rings. The lowest BCUT2D eigenvalue weighted by molar-refractivity contribution is -0.279. The molecular formula is C81H91O46+. The average molecular weight is 1800 g/mol. The Kier molecular flexibility index (Phi) is 31.5. The van der Waals surface area contributed by atoms with Gasteiger partial charge in [-0.2, -0.15) is 0 Å². The summed E-state index contributed by atoms with van der Waals surface area (Å²) in [5, 5.41) is 256. The van der Waals surface area contributed by atoms with Crippen molar-refractivity contribution in [3.8, 4) is 63.1 Å². The summed E-state index contributed by atoms with van der Waals surface area (Å²) in [5.41, 5.74) is 0.195. The molecule has 0 unspecified atom stereocenters. The van der Waals surface area contributed by atoms with Gasteiger partial charge >= 0.3 is 41.2 Å². The average Bonchev–Trinajstić information content (AvgIpc) is 0.757. The zero-order chi connectivity index (χ0) is 91.7. The molecule has 6 aliphatic heterocycles. The third-order valence-corrected chi connectivity index (χ3v) is 20.7. The van der Waals surface area contributed by atoms with Crippen LogP contribution >= 0.6 is 0 Å². The summed E-state index contributed by atoms with van der Waals surface area (Å²) in [6.45, 7) is -4.83. The third kappa shape index (κ3) is 22.9. The number of fused-ring (bicyclic) bond motifs is 1. The summed E-state index contributed by atoms with van der Waals surface area (Å²) in [7, 11) is 0. The molecule has 0 bridgehead atoms. The maximum atomic E-state index is 13.3. The molecule has 0 saturated carbocycles. The number of hydrogen-bond donors (Lipinski definition) is 24. The Morgan fingerprint density at radius 3 is 0.945 bits per heavy atom. The zero-order valence-corrected chi connectivity index (χ0v) is 65.8. The van der Waals surface area contributed by atoms with Crippen LogP contribution in [0.1, 0.15) is 23.1 Å². The number of aliphatic carboxylic acids is 1. The van der Waals surface area contributed by atoms with Gasteiger partial charge in [0.2, 0.25) is 49.2 Å². The number of esters is 4. The van der Waals surface area contributed by atoms with Crippen molar-refractivity contribution in [1.82, 2.24) is 0 Å². The van der Waals surface area contributed by atoms with E-state index in [1.54, 1.807) is 0 Å². The van der Waals surface area contributed by atoms with Crippen molar-refractivity contribution in [2.45, 2.75) is 191 Å². The van der Waals surface area contributed by atoms with Gasteiger partial charge in [0.05, 0.1) is 24.8 Å². The van der Waals surface area contributed by atoms with Crippen LogP contribution < -0.4 is 28.4 Å². The minimum Gasteiger partial charge on any atom is -0.507 e. The number of hydrogen-bond acceptors (Lipinski definition) is 44. The highest BCUT2D eigenvalue weighted by Crippen LogP contribution is 2.48. The van der Waals surface area contributed by atoms with E-state index in [4.69, 9.17) is 85.3 Å². The van der Waals surface area contributed by atoms with Gasteiger partial charge in [0.1, 0.15) is 213 Å². The molecule has 6 fully saturated rings. The standard InChI is InChI=1S/C81H90O46/c82-25-45-57(93)63(99)69(105)76(122-45)115-36-10-1-31(2-11-36)7-16-52(88)111-27-47-59(95)65(101)71(107)78(124-47)117-38-14-5-33(6-15-38)9-18-54(90)113-29-49-61(97)67(103)73(109)80(126-49)120-43-20-34(75-44(23-39-40(85)21-35(84)22-41(39)118-75)121-81-74(110)68(104)62(98)50(127-81)30-114-55(91)24-51(86)87)19-42(56(43)92)119-79-72(108)66(102)60(96)48(125-79)28-112-53(89)17-8-32-3-12-37(13-4-32)116-77-70(106)64(100)58(94)46(26-83)123-77/h1-23,45-50,57-74,76-83,93-110H,24-30H2,(H3-,84,85,86,87,92)/p+1/b16-7-,17-8-,18-9-/t45-,46-,47-,48-,49+,50-,57-,58-,59-,60-,61+,62-,63-,64-,65-,66-,67+,68-,69+,70+,71+,72+,73+,74+,76-,77-,78-,79-,80-,81-/m0/s1. The van der Waals surface area contributed by atoms with Gasteiger partial charge in [0.25, 0.3) is 0 Å². The Morgan fingerprint density at radius 2 is 0.630 bits per heavy atom. The zero-order valence-electron chi connectivity index (χ0n) is 65.8. The van der Waals surface area contributed by atoms with E-state index in [-0.39, 0.29) is 22.6 Å². The van der Waals surface area contributed by atoms with E-state index in [9.17, 15) is 141 Å². The van der Waals surface area contributed by atoms with Crippen molar-refractivity contribution >= 4 is 59.0 Å². The first kappa shape index (κ1) is 95.3. The highest BCUT2D eigenvalue weighted by atomic mass is 16.8. The highest BCUT2D eigenvalue weighted by molar-refractivity contribution is 5.91. The number of phenolic OH excluding ortho intramolecular Hbond substituents is 3. The number of phenols is 3. The number of rotatable bonds is 31. The molecule has 5 aromatic carbocycles. The maximum absolute atomic E-state index is 13.3. The van der Waals surface area contributed by atoms with E-state index in [0.717, 1.165) is 48.6 Å². The Morgan fingerprint density at radius 1 is 0.339 bits per heavy atom. The molecule has 46 nitrogen and oxygen atoms in total. The van der Waals surface area contributed by atoms with Crippen LogP contribution in [0.3, 0.4) is 0 Å². The second-order valence-electron chi connectivity index (χ2n) is 29.6. The van der Waals surface area contributed by atoms with Crippen molar-refractivity contribution in [2.75, 3.05) is 39.6 Å². The predicted molar refractivity (Wildman–Crippen MR) is 412 cm³/mol. The molecule has 0 aliphatic carbocycles. The van der Waals surface area contributed by atoms with E-state index >= 15 is 0 Å². The van der Waals surface area contributed by atoms with Gasteiger partial charge in [0.15, 0.2) is 11.5 Å². The molecule has 6 saturated heterocycles. The second-order valence-corrected chi connectivity index (χ2v) is 29.6. The lowest BCUT2D eigenvalue weighted by Crippen LogP contribution is -2.60. The Bertz CT molecular complexity index is 4820. The quantitative estimate of drug-likeness (QED) is 0.00632. The summed E-state index contributed by atoms with van der Waals surface area (Å²) >= 11 is 0. The van der Waals surface area contributed by atoms with Crippen molar-refractivity contribution in [2.24, 2.45) is 0 Å². The molecule has 46 heteroatoms. The molecule has 1 aromatic heterocycles. The number of carbonyl (C=O) groups is 5. The largest absolute Gasteiger partial charge is 0.507 e. The minimum absolute atomic E-state index is 0.00287. The molecule has 690 valence electrons. The predicted octanol–water partition coefficient (Wildman–Crippen LogP) is -6.61. The SMILES string of the molecule is O=C(O)CC(=O)OC[C@@H]1O[C@H](Oc2cc3c(O)cc(O)cc3[o+]c2-c2cc(O[C@H]3O[C@@H](COC(=O)/C=C\c4ccc(O[C@H]5O[C@@H](CO)[C@H](O)[C@H](O)[C@H]5O)cc4)[C@H](O)[C@H](O)[C@H]3O)c(O)c(O[C@H]3O[C@H](COC(=O)/C=C\c4ccc(O[C@H]5O[C@@H](COC(=O)/C=C\c6ccc(O[C@H]7O[C@@H](CO)[C@H](O)[C@H](O)[C@H]7O)cc6)[C@H](O)[C@H](O)[C@H]5O)cc4)[C@@H](O)[C@@H](O)[C@H]3O)c2)[C@H](O)[C@@H](O)[C@H]1O. The van der Waals surface area contributed by atoms with Gasteiger partial charge in [0, 0.05) is 42.5 Å². The number of carboxylic acid groups (broad SMARTS) is 1. The van der Waals surface area contributed by atoms with E-state index in [1.165, 1.54) is 91.0 Å². The van der Waals surface area contributed by atoms with Crippen LogP contribution in [0.2, 0.25) is 0 Å². The number of benzene rings is 5. The fourth-order valence-electron chi connectivity index (χ4n) is 13.5. The fourth-order valence-corrected chi connectivity index (χ4v) is 13.5. The number of carboxylic acids is 1. The topological polar surface area (TPSA) is 730 Å². The molecule has 0 amide bonds. The molecule has 24 N–H and O–H groups in total. The molecule has 0 radical (unpaired) electrons. The van der Waals surface area contributed by atoms with Gasteiger partial charge in [-0.3, -0.25) is 9.59 Å². The Labute approximate surface area is 714 Å². The molecular weight excluding hydrogens is 1710 g/mol. The van der Waals surface area contributed by atoms with Gasteiger partial charge in [-0.15, -0.1) is 0 Å². The van der Waals surface area contributed by atoms with Crippen LogP contribution in [0.15, 0.2) is 126 Å². The van der Waals surface area contributed by atoms with E-state index in [2.05, 4.69) is 0 Å². The van der Waals surface area contributed by atoms with Gasteiger partial charge in [-0.05, 0) is 71.3 Å². The number of carbonyl (C=O) groups excluding carboxylic acids is 4. The van der Waals surface area contributed by atoms with Crippen molar-refractivity contribution < 1.29 is 227 Å². The second kappa shape index (κ2) is 42.0. The van der Waals surface area contributed by atoms with Gasteiger partial charge < -0.3 is 198 Å². The summed E-state index contributed by atoms with van der Waals surface area (Å²) in [6.07, 6.45) is -50.4. The summed E-state index contributed by atoms with van der Waals surface area (Å²) in [6, 6.07) is 21.5. The van der Waals surface area contributed by atoms with Crippen LogP contribution in [0, 0.1) is 0 Å². The van der Waals surface area contributed by atoms with Crippen molar-refractivity contribution in [3.63, 3.8) is 0 Å². The van der Waals surface area contributed by atoms with Crippen LogP contribution in [0.25, 0.3) is 40.5 Å². The van der Waals surface area contributed by atoms with E-state index in [0.29, 0.717) is 16.7 Å². The lowest BCUT2D eigenvalue weighted by atomic mass is 9.99. The van der Waals surface area contributed by atoms with Crippen molar-refractivity contribution in [3.05, 3.63) is 138 Å². The normalized spacial score (nSPS) is 33.4. The smallest absolute Gasteiger partial charge is 0.402 e. The molecule has 7 heterocycles. The van der Waals surface area contributed by atoms with E-state index in [1.807, 2.05) is 0 Å². The monoisotopic (exact) mass is 1800 g/mol. The van der Waals surface area contributed by atoms with Crippen molar-refractivity contribution in [1.29, 1.82) is 0 Å². The summed E-state index contributed by atoms with van der Waals surface area (Å²) < 4.78 is 95.8.